The highest BCUT2D eigenvalue weighted by atomic mass is 35.5. The van der Waals surface area contributed by atoms with E-state index in [1.165, 1.54) is 36.4 Å². The molecule has 6 nitrogen and oxygen atoms in total. The van der Waals surface area contributed by atoms with Crippen molar-refractivity contribution < 1.29 is 19.2 Å². The molecule has 35 heavy (non-hydrogen) atoms. The Morgan fingerprint density at radius 3 is 2.06 bits per heavy atom. The molecule has 2 aromatic carbocycles. The van der Waals surface area contributed by atoms with Crippen LogP contribution in [0, 0.1) is 11.8 Å². The first kappa shape index (κ1) is 25.4. The van der Waals surface area contributed by atoms with Gasteiger partial charge in [0.25, 0.3) is 17.7 Å². The lowest BCUT2D eigenvalue weighted by molar-refractivity contribution is -0.156. The highest BCUT2D eigenvalue weighted by molar-refractivity contribution is 6.31. The number of alkyl halides is 1. The average molecular weight is 534 g/mol. The van der Waals surface area contributed by atoms with Crippen LogP contribution in [0.25, 0.3) is 0 Å². The van der Waals surface area contributed by atoms with Crippen LogP contribution in [0.4, 0.5) is 0 Å². The number of nitrogens with zero attached hydrogens (tertiary/aromatic N) is 2. The van der Waals surface area contributed by atoms with Crippen molar-refractivity contribution in [3.05, 3.63) is 81.4 Å². The predicted molar refractivity (Wildman–Crippen MR) is 134 cm³/mol. The second-order valence-corrected chi connectivity index (χ2v) is 9.96. The SMILES string of the molecule is CC1=CC[C@@H]2C(=O)N(N(C(=O)c3ccc(Cl)cc3)[C@H](CCCl)C(=O)c3ccc(Cl)cc3)C(=O)[C@@H]2C1. The maximum Gasteiger partial charge on any atom is 0.273 e. The number of carbonyl (C=O) groups excluding carboxylic acids is 4. The van der Waals surface area contributed by atoms with E-state index >= 15 is 0 Å². The van der Waals surface area contributed by atoms with Gasteiger partial charge in [0, 0.05) is 27.1 Å². The zero-order chi connectivity index (χ0) is 25.3. The van der Waals surface area contributed by atoms with Gasteiger partial charge in [-0.05, 0) is 74.7 Å². The summed E-state index contributed by atoms with van der Waals surface area (Å²) in [5.41, 5.74) is 1.48. The molecule has 2 aromatic rings. The van der Waals surface area contributed by atoms with Crippen molar-refractivity contribution in [2.75, 3.05) is 5.88 Å². The lowest BCUT2D eigenvalue weighted by Crippen LogP contribution is -2.57. The van der Waals surface area contributed by atoms with Crippen LogP contribution < -0.4 is 0 Å². The Bertz CT molecular complexity index is 1190. The lowest BCUT2D eigenvalue weighted by Gasteiger charge is -2.36. The number of allylic oxidation sites excluding steroid dienone is 2. The molecule has 1 saturated heterocycles. The average Bonchev–Trinajstić information content (AvgIpc) is 3.08. The molecular weight excluding hydrogens is 511 g/mol. The second-order valence-electron chi connectivity index (χ2n) is 8.71. The predicted octanol–water partition coefficient (Wildman–Crippen LogP) is 5.57. The third kappa shape index (κ3) is 5.01. The Kier molecular flexibility index (Phi) is 7.64. The van der Waals surface area contributed by atoms with Crippen LogP contribution in [-0.2, 0) is 9.59 Å². The minimum atomic E-state index is -1.18. The highest BCUT2D eigenvalue weighted by Crippen LogP contribution is 2.39. The Morgan fingerprint density at radius 1 is 0.943 bits per heavy atom. The molecule has 9 heteroatoms. The Morgan fingerprint density at radius 2 is 1.49 bits per heavy atom. The zero-order valence-electron chi connectivity index (χ0n) is 18.9. The molecule has 2 aliphatic rings. The van der Waals surface area contributed by atoms with Crippen LogP contribution in [0.2, 0.25) is 10.0 Å². The number of ketones is 1. The van der Waals surface area contributed by atoms with E-state index in [9.17, 15) is 19.2 Å². The second kappa shape index (κ2) is 10.5. The molecule has 0 spiro atoms. The van der Waals surface area contributed by atoms with E-state index in [0.717, 1.165) is 15.6 Å². The first-order valence-electron chi connectivity index (χ1n) is 11.2. The van der Waals surface area contributed by atoms with Gasteiger partial charge in [0.15, 0.2) is 5.78 Å². The maximum atomic E-state index is 13.8. The molecule has 0 radical (unpaired) electrons. The number of imide groups is 1. The van der Waals surface area contributed by atoms with Crippen LogP contribution in [-0.4, -0.2) is 45.4 Å². The van der Waals surface area contributed by atoms with E-state index in [1.54, 1.807) is 12.1 Å². The molecule has 0 bridgehead atoms. The van der Waals surface area contributed by atoms with E-state index in [4.69, 9.17) is 34.8 Å². The van der Waals surface area contributed by atoms with Gasteiger partial charge in [-0.1, -0.05) is 34.9 Å². The number of carbonyl (C=O) groups is 4. The number of rotatable bonds is 7. The topological polar surface area (TPSA) is 74.8 Å². The smallest absolute Gasteiger partial charge is 0.273 e. The molecule has 182 valence electrons. The number of halogens is 3. The van der Waals surface area contributed by atoms with Gasteiger partial charge in [0.05, 0.1) is 11.8 Å². The van der Waals surface area contributed by atoms with Gasteiger partial charge in [-0.3, -0.25) is 19.2 Å². The van der Waals surface area contributed by atoms with Crippen LogP contribution in [0.1, 0.15) is 46.9 Å². The third-order valence-electron chi connectivity index (χ3n) is 6.42. The van der Waals surface area contributed by atoms with Gasteiger partial charge in [0.2, 0.25) is 0 Å². The minimum Gasteiger partial charge on any atom is -0.292 e. The number of benzene rings is 2. The van der Waals surface area contributed by atoms with Crippen LogP contribution in [0.3, 0.4) is 0 Å². The van der Waals surface area contributed by atoms with Crippen LogP contribution in [0.5, 0.6) is 0 Å². The van der Waals surface area contributed by atoms with E-state index < -0.39 is 41.4 Å². The van der Waals surface area contributed by atoms with E-state index in [0.29, 0.717) is 22.9 Å². The molecule has 0 aromatic heterocycles. The third-order valence-corrected chi connectivity index (χ3v) is 7.15. The molecule has 0 unspecified atom stereocenters. The zero-order valence-corrected chi connectivity index (χ0v) is 21.2. The van der Waals surface area contributed by atoms with E-state index in [-0.39, 0.29) is 23.4 Å². The first-order chi connectivity index (χ1) is 16.7. The summed E-state index contributed by atoms with van der Waals surface area (Å²) in [7, 11) is 0. The van der Waals surface area contributed by atoms with Crippen molar-refractivity contribution in [1.29, 1.82) is 0 Å². The first-order valence-corrected chi connectivity index (χ1v) is 12.5. The van der Waals surface area contributed by atoms with Crippen LogP contribution >= 0.6 is 34.8 Å². The summed E-state index contributed by atoms with van der Waals surface area (Å²) in [4.78, 5) is 54.5. The van der Waals surface area contributed by atoms with E-state index in [1.807, 2.05) is 13.0 Å². The molecule has 4 rings (SSSR count). The number of fused-ring (bicyclic) bond motifs is 1. The fourth-order valence-corrected chi connectivity index (χ4v) is 5.06. The molecule has 3 amide bonds. The molecule has 1 fully saturated rings. The number of Topliss-reactive ketones (excluding diaryl/α,β-unsaturated/α-hetero) is 1. The van der Waals surface area contributed by atoms with Gasteiger partial charge >= 0.3 is 0 Å². The summed E-state index contributed by atoms with van der Waals surface area (Å²) in [6.07, 6.45) is 2.81. The van der Waals surface area contributed by atoms with Crippen molar-refractivity contribution in [1.82, 2.24) is 10.0 Å². The number of hydrogen-bond donors (Lipinski definition) is 0. The van der Waals surface area contributed by atoms with Crippen molar-refractivity contribution in [3.8, 4) is 0 Å². The summed E-state index contributed by atoms with van der Waals surface area (Å²) in [6.45, 7) is 1.91. The van der Waals surface area contributed by atoms with Gasteiger partial charge in [-0.15, -0.1) is 11.6 Å². The van der Waals surface area contributed by atoms with Gasteiger partial charge in [-0.2, -0.15) is 5.01 Å². The largest absolute Gasteiger partial charge is 0.292 e. The normalized spacial score (nSPS) is 20.3. The Labute approximate surface area is 218 Å². The summed E-state index contributed by atoms with van der Waals surface area (Å²) in [5.74, 6) is -3.21. The summed E-state index contributed by atoms with van der Waals surface area (Å²) >= 11 is 18.0. The Balaban J connectivity index is 1.80. The van der Waals surface area contributed by atoms with Crippen LogP contribution in [0.15, 0.2) is 60.2 Å². The maximum absolute atomic E-state index is 13.8. The molecule has 1 heterocycles. The fourth-order valence-electron chi connectivity index (χ4n) is 4.60. The standard InChI is InChI=1S/C26H23Cl3N2O4/c1-15-2-11-20-21(14-15)26(35)31(25(20)34)30(24(33)17-5-9-19(29)10-6-17)22(12-13-27)23(32)16-3-7-18(28)8-4-16/h2-10,20-22H,11-14H2,1H3/t20-,21+,22+/m0/s1. The lowest BCUT2D eigenvalue weighted by atomic mass is 9.82. The molecule has 3 atom stereocenters. The van der Waals surface area contributed by atoms with E-state index in [2.05, 4.69) is 0 Å². The van der Waals surface area contributed by atoms with Crippen molar-refractivity contribution in [2.24, 2.45) is 11.8 Å². The summed E-state index contributed by atoms with van der Waals surface area (Å²) < 4.78 is 0. The molecule has 0 saturated carbocycles. The molecule has 0 N–H and O–H groups in total. The van der Waals surface area contributed by atoms with Gasteiger partial charge in [-0.25, -0.2) is 5.01 Å². The van der Waals surface area contributed by atoms with Crippen molar-refractivity contribution >= 4 is 58.3 Å². The molecule has 1 aliphatic heterocycles. The number of hydrazine groups is 1. The molecule has 1 aliphatic carbocycles. The van der Waals surface area contributed by atoms with Gasteiger partial charge in [0.1, 0.15) is 6.04 Å². The Hall–Kier alpha value is -2.67. The summed E-state index contributed by atoms with van der Waals surface area (Å²) in [5, 5.41) is 2.75. The highest BCUT2D eigenvalue weighted by Gasteiger charge is 2.53. The molecular formula is C26H23Cl3N2O4. The quantitative estimate of drug-likeness (QED) is 0.202. The number of amides is 3. The summed E-state index contributed by atoms with van der Waals surface area (Å²) in [6, 6.07) is 11.1. The van der Waals surface area contributed by atoms with Crippen molar-refractivity contribution in [3.63, 3.8) is 0 Å². The monoisotopic (exact) mass is 532 g/mol. The van der Waals surface area contributed by atoms with Crippen molar-refractivity contribution in [2.45, 2.75) is 32.2 Å². The minimum absolute atomic E-state index is 0.0259. The number of hydrogen-bond acceptors (Lipinski definition) is 4. The van der Waals surface area contributed by atoms with Gasteiger partial charge < -0.3 is 0 Å². The fraction of sp³-hybridized carbons (Fsp3) is 0.308.